The Kier molecular flexibility index (Phi) is 4.30. The Bertz CT molecular complexity index is 363. The minimum Gasteiger partial charge on any atom is -0.307 e. The predicted molar refractivity (Wildman–Crippen MR) is 62.6 cm³/mol. The summed E-state index contributed by atoms with van der Waals surface area (Å²) in [7, 11) is 0. The quantitative estimate of drug-likeness (QED) is 0.774. The lowest BCUT2D eigenvalue weighted by atomic mass is 10.0. The molecule has 0 saturated heterocycles. The van der Waals surface area contributed by atoms with E-state index in [2.05, 4.69) is 11.9 Å². The molecule has 0 spiro atoms. The highest BCUT2D eigenvalue weighted by atomic mass is 35.5. The van der Waals surface area contributed by atoms with Crippen LogP contribution in [-0.2, 0) is 0 Å². The van der Waals surface area contributed by atoms with Crippen LogP contribution in [0.15, 0.2) is 30.4 Å². The first-order chi connectivity index (χ1) is 7.06. The van der Waals surface area contributed by atoms with Gasteiger partial charge in [0.25, 0.3) is 0 Å². The molecular formula is C12H15ClFN. The molecule has 0 aliphatic rings. The van der Waals surface area contributed by atoms with Crippen molar-refractivity contribution in [3.8, 4) is 0 Å². The van der Waals surface area contributed by atoms with Gasteiger partial charge in [-0.3, -0.25) is 0 Å². The van der Waals surface area contributed by atoms with E-state index >= 15 is 0 Å². The molecule has 82 valence electrons. The Morgan fingerprint density at radius 1 is 1.60 bits per heavy atom. The van der Waals surface area contributed by atoms with E-state index in [1.54, 1.807) is 6.07 Å². The number of benzene rings is 1. The fourth-order valence-electron chi connectivity index (χ4n) is 1.47. The lowest BCUT2D eigenvalue weighted by molar-refractivity contribution is 0.599. The van der Waals surface area contributed by atoms with Gasteiger partial charge in [-0.2, -0.15) is 0 Å². The van der Waals surface area contributed by atoms with Gasteiger partial charge >= 0.3 is 0 Å². The van der Waals surface area contributed by atoms with Gasteiger partial charge in [-0.05, 0) is 31.2 Å². The third-order valence-corrected chi connectivity index (χ3v) is 2.48. The average molecular weight is 228 g/mol. The lowest BCUT2D eigenvalue weighted by Crippen LogP contribution is -2.21. The Labute approximate surface area is 95.0 Å². The van der Waals surface area contributed by atoms with Crippen LogP contribution in [0.4, 0.5) is 4.39 Å². The first-order valence-electron chi connectivity index (χ1n) is 4.90. The molecule has 1 aromatic carbocycles. The Balaban J connectivity index is 3.01. The van der Waals surface area contributed by atoms with E-state index in [-0.39, 0.29) is 11.1 Å². The SMILES string of the molecule is C=C(C)C(NCC)c1ccc(Cl)c(F)c1. The highest BCUT2D eigenvalue weighted by Crippen LogP contribution is 2.24. The zero-order valence-electron chi connectivity index (χ0n) is 8.98. The van der Waals surface area contributed by atoms with Crippen LogP contribution in [0.1, 0.15) is 25.5 Å². The van der Waals surface area contributed by atoms with Crippen LogP contribution in [0.2, 0.25) is 5.02 Å². The molecule has 3 heteroatoms. The maximum absolute atomic E-state index is 13.3. The second-order valence-corrected chi connectivity index (χ2v) is 3.92. The number of hydrogen-bond donors (Lipinski definition) is 1. The summed E-state index contributed by atoms with van der Waals surface area (Å²) in [5.41, 5.74) is 1.81. The fraction of sp³-hybridized carbons (Fsp3) is 0.333. The third-order valence-electron chi connectivity index (χ3n) is 2.18. The van der Waals surface area contributed by atoms with Gasteiger partial charge in [0, 0.05) is 0 Å². The van der Waals surface area contributed by atoms with Gasteiger partial charge < -0.3 is 5.32 Å². The van der Waals surface area contributed by atoms with Gasteiger partial charge in [0.15, 0.2) is 0 Å². The Morgan fingerprint density at radius 2 is 2.27 bits per heavy atom. The molecule has 0 amide bonds. The molecule has 0 fully saturated rings. The van der Waals surface area contributed by atoms with Crippen LogP contribution < -0.4 is 5.32 Å². The highest BCUT2D eigenvalue weighted by molar-refractivity contribution is 6.30. The van der Waals surface area contributed by atoms with Crippen molar-refractivity contribution in [1.29, 1.82) is 0 Å². The second-order valence-electron chi connectivity index (χ2n) is 3.51. The second kappa shape index (κ2) is 5.29. The molecule has 0 radical (unpaired) electrons. The van der Waals surface area contributed by atoms with Gasteiger partial charge in [0.1, 0.15) is 5.82 Å². The van der Waals surface area contributed by atoms with Crippen LogP contribution in [0.3, 0.4) is 0 Å². The molecule has 1 nitrogen and oxygen atoms in total. The summed E-state index contributed by atoms with van der Waals surface area (Å²) in [6, 6.07) is 4.82. The van der Waals surface area contributed by atoms with Crippen LogP contribution >= 0.6 is 11.6 Å². The van der Waals surface area contributed by atoms with E-state index in [0.29, 0.717) is 0 Å². The molecule has 1 unspecified atom stereocenters. The van der Waals surface area contributed by atoms with Crippen molar-refractivity contribution in [3.05, 3.63) is 46.8 Å². The fourth-order valence-corrected chi connectivity index (χ4v) is 1.59. The Morgan fingerprint density at radius 3 is 2.73 bits per heavy atom. The summed E-state index contributed by atoms with van der Waals surface area (Å²) in [6.45, 7) is 8.61. The number of halogens is 2. The molecule has 0 saturated carbocycles. The van der Waals surface area contributed by atoms with E-state index < -0.39 is 5.82 Å². The zero-order valence-corrected chi connectivity index (χ0v) is 9.74. The van der Waals surface area contributed by atoms with Crippen LogP contribution in [0.25, 0.3) is 0 Å². The first kappa shape index (κ1) is 12.2. The summed E-state index contributed by atoms with van der Waals surface area (Å²) < 4.78 is 13.3. The number of rotatable bonds is 4. The van der Waals surface area contributed by atoms with Crippen LogP contribution in [0, 0.1) is 5.82 Å². The maximum Gasteiger partial charge on any atom is 0.142 e. The minimum atomic E-state index is -0.390. The van der Waals surface area contributed by atoms with Gasteiger partial charge in [0.2, 0.25) is 0 Å². The van der Waals surface area contributed by atoms with Crippen molar-refractivity contribution in [3.63, 3.8) is 0 Å². The predicted octanol–water partition coefficient (Wildman–Crippen LogP) is 3.71. The van der Waals surface area contributed by atoms with Crippen molar-refractivity contribution < 1.29 is 4.39 Å². The van der Waals surface area contributed by atoms with Crippen LogP contribution in [-0.4, -0.2) is 6.54 Å². The summed E-state index contributed by atoms with van der Waals surface area (Å²) in [5.74, 6) is -0.390. The van der Waals surface area contributed by atoms with Crippen molar-refractivity contribution in [2.75, 3.05) is 6.54 Å². The maximum atomic E-state index is 13.3. The van der Waals surface area contributed by atoms with Crippen molar-refractivity contribution in [2.24, 2.45) is 0 Å². The molecule has 0 aliphatic heterocycles. The monoisotopic (exact) mass is 227 g/mol. The third kappa shape index (κ3) is 3.05. The summed E-state index contributed by atoms with van der Waals surface area (Å²) >= 11 is 5.62. The molecule has 1 rings (SSSR count). The van der Waals surface area contributed by atoms with E-state index in [1.165, 1.54) is 6.07 Å². The molecule has 0 aliphatic carbocycles. The smallest absolute Gasteiger partial charge is 0.142 e. The first-order valence-corrected chi connectivity index (χ1v) is 5.27. The van der Waals surface area contributed by atoms with Gasteiger partial charge in [-0.25, -0.2) is 4.39 Å². The molecule has 1 aromatic rings. The van der Waals surface area contributed by atoms with Crippen molar-refractivity contribution in [1.82, 2.24) is 5.32 Å². The number of hydrogen-bond acceptors (Lipinski definition) is 1. The molecular weight excluding hydrogens is 213 g/mol. The summed E-state index contributed by atoms with van der Waals surface area (Å²) in [6.07, 6.45) is 0. The highest BCUT2D eigenvalue weighted by Gasteiger charge is 2.12. The molecule has 1 N–H and O–H groups in total. The average Bonchev–Trinajstić information content (AvgIpc) is 2.18. The molecule has 1 atom stereocenters. The molecule has 0 heterocycles. The van der Waals surface area contributed by atoms with Gasteiger partial charge in [-0.1, -0.05) is 36.7 Å². The van der Waals surface area contributed by atoms with Gasteiger partial charge in [0.05, 0.1) is 11.1 Å². The Hall–Kier alpha value is -0.860. The van der Waals surface area contributed by atoms with Crippen LogP contribution in [0.5, 0.6) is 0 Å². The number of likely N-dealkylation sites (N-methyl/N-ethyl adjacent to an activating group) is 1. The topological polar surface area (TPSA) is 12.0 Å². The van der Waals surface area contributed by atoms with Crippen molar-refractivity contribution in [2.45, 2.75) is 19.9 Å². The molecule has 0 bridgehead atoms. The van der Waals surface area contributed by atoms with Crippen molar-refractivity contribution >= 4 is 11.6 Å². The van der Waals surface area contributed by atoms with E-state index in [0.717, 1.165) is 17.7 Å². The number of nitrogens with one attached hydrogen (secondary N) is 1. The summed E-state index contributed by atoms with van der Waals surface area (Å²) in [4.78, 5) is 0. The van der Waals surface area contributed by atoms with E-state index in [4.69, 9.17) is 11.6 Å². The molecule has 0 aromatic heterocycles. The largest absolute Gasteiger partial charge is 0.307 e. The minimum absolute atomic E-state index is 0.0123. The van der Waals surface area contributed by atoms with E-state index in [1.807, 2.05) is 19.9 Å². The summed E-state index contributed by atoms with van der Waals surface area (Å²) in [5, 5.41) is 3.38. The molecule has 15 heavy (non-hydrogen) atoms. The lowest BCUT2D eigenvalue weighted by Gasteiger charge is -2.18. The standard InChI is InChI=1S/C12H15ClFN/c1-4-15-12(8(2)3)9-5-6-10(13)11(14)7-9/h5-7,12,15H,2,4H2,1,3H3. The zero-order chi connectivity index (χ0) is 11.4. The van der Waals surface area contributed by atoms with E-state index in [9.17, 15) is 4.39 Å². The van der Waals surface area contributed by atoms with Gasteiger partial charge in [-0.15, -0.1) is 0 Å². The normalized spacial score (nSPS) is 12.5.